The van der Waals surface area contributed by atoms with Crippen molar-refractivity contribution in [1.82, 2.24) is 4.98 Å². The van der Waals surface area contributed by atoms with Gasteiger partial charge in [0.25, 0.3) is 0 Å². The molecule has 1 atom stereocenters. The second-order valence-electron chi connectivity index (χ2n) is 5.76. The van der Waals surface area contributed by atoms with Gasteiger partial charge in [0.15, 0.2) is 0 Å². The van der Waals surface area contributed by atoms with E-state index in [1.807, 2.05) is 51.1 Å². The van der Waals surface area contributed by atoms with E-state index in [-0.39, 0.29) is 11.2 Å². The number of phenols is 1. The van der Waals surface area contributed by atoms with Crippen molar-refractivity contribution in [2.45, 2.75) is 26.9 Å². The molecule has 1 aromatic heterocycles. The lowest BCUT2D eigenvalue weighted by atomic mass is 9.87. The van der Waals surface area contributed by atoms with Crippen LogP contribution in [0.2, 0.25) is 0 Å². The summed E-state index contributed by atoms with van der Waals surface area (Å²) in [6.07, 6.45) is -0.607. The highest BCUT2D eigenvalue weighted by Gasteiger charge is 2.25. The molecule has 0 fully saturated rings. The largest absolute Gasteiger partial charge is 0.508 e. The second kappa shape index (κ2) is 5.02. The standard InChI is InChI=1S/C16H19NO2/c1-16(2,3)15(19)14-6-4-5-13(17-14)11-7-9-12(18)10-8-11/h4-10,15,18-19H,1-3H3/t15-/m1/s1. The van der Waals surface area contributed by atoms with E-state index in [2.05, 4.69) is 4.98 Å². The minimum atomic E-state index is -0.607. The van der Waals surface area contributed by atoms with Crippen molar-refractivity contribution in [1.29, 1.82) is 0 Å². The average Bonchev–Trinajstić information content (AvgIpc) is 2.38. The van der Waals surface area contributed by atoms with E-state index in [1.165, 1.54) is 0 Å². The Hall–Kier alpha value is -1.87. The van der Waals surface area contributed by atoms with Crippen LogP contribution in [0.1, 0.15) is 32.6 Å². The summed E-state index contributed by atoms with van der Waals surface area (Å²) in [6.45, 7) is 5.94. The Morgan fingerprint density at radius 2 is 1.63 bits per heavy atom. The predicted molar refractivity (Wildman–Crippen MR) is 75.8 cm³/mol. The highest BCUT2D eigenvalue weighted by Crippen LogP contribution is 2.32. The minimum absolute atomic E-state index is 0.231. The molecular weight excluding hydrogens is 238 g/mol. The van der Waals surface area contributed by atoms with Crippen LogP contribution in [0.15, 0.2) is 42.5 Å². The average molecular weight is 257 g/mol. The second-order valence-corrected chi connectivity index (χ2v) is 5.76. The molecule has 0 aliphatic rings. The third kappa shape index (κ3) is 3.12. The topological polar surface area (TPSA) is 53.4 Å². The fourth-order valence-electron chi connectivity index (χ4n) is 1.84. The van der Waals surface area contributed by atoms with Crippen LogP contribution in [-0.4, -0.2) is 15.2 Å². The Bertz CT molecular complexity index is 556. The lowest BCUT2D eigenvalue weighted by Crippen LogP contribution is -2.19. The van der Waals surface area contributed by atoms with Crippen molar-refractivity contribution in [2.24, 2.45) is 5.41 Å². The van der Waals surface area contributed by atoms with Gasteiger partial charge in [0.1, 0.15) is 11.9 Å². The summed E-state index contributed by atoms with van der Waals surface area (Å²) in [6, 6.07) is 12.5. The van der Waals surface area contributed by atoms with E-state index in [9.17, 15) is 10.2 Å². The molecule has 0 aliphatic heterocycles. The molecule has 0 bridgehead atoms. The van der Waals surface area contributed by atoms with Crippen molar-refractivity contribution in [2.75, 3.05) is 0 Å². The third-order valence-corrected chi connectivity index (χ3v) is 3.03. The van der Waals surface area contributed by atoms with E-state index in [0.29, 0.717) is 5.69 Å². The van der Waals surface area contributed by atoms with Gasteiger partial charge in [0.2, 0.25) is 0 Å². The molecule has 2 N–H and O–H groups in total. The van der Waals surface area contributed by atoms with Crippen LogP contribution in [0.3, 0.4) is 0 Å². The van der Waals surface area contributed by atoms with E-state index in [1.54, 1.807) is 12.1 Å². The number of aliphatic hydroxyl groups is 1. The molecule has 0 amide bonds. The normalized spacial score (nSPS) is 13.3. The molecule has 0 aliphatic carbocycles. The number of aliphatic hydroxyl groups excluding tert-OH is 1. The van der Waals surface area contributed by atoms with Crippen LogP contribution in [-0.2, 0) is 0 Å². The van der Waals surface area contributed by atoms with E-state index in [0.717, 1.165) is 11.3 Å². The Morgan fingerprint density at radius 1 is 1.00 bits per heavy atom. The van der Waals surface area contributed by atoms with Crippen LogP contribution in [0.25, 0.3) is 11.3 Å². The highest BCUT2D eigenvalue weighted by molar-refractivity contribution is 5.60. The van der Waals surface area contributed by atoms with Gasteiger partial charge in [-0.1, -0.05) is 26.8 Å². The van der Waals surface area contributed by atoms with E-state index < -0.39 is 6.10 Å². The van der Waals surface area contributed by atoms with Gasteiger partial charge in [-0.25, -0.2) is 0 Å². The van der Waals surface area contributed by atoms with Crippen molar-refractivity contribution >= 4 is 0 Å². The first kappa shape index (κ1) is 13.6. The van der Waals surface area contributed by atoms with E-state index >= 15 is 0 Å². The molecule has 1 heterocycles. The fraction of sp³-hybridized carbons (Fsp3) is 0.312. The first-order chi connectivity index (χ1) is 8.88. The van der Waals surface area contributed by atoms with Crippen molar-refractivity contribution < 1.29 is 10.2 Å². The maximum Gasteiger partial charge on any atom is 0.115 e. The molecular formula is C16H19NO2. The maximum atomic E-state index is 10.3. The summed E-state index contributed by atoms with van der Waals surface area (Å²) in [4.78, 5) is 4.51. The molecule has 100 valence electrons. The predicted octanol–water partition coefficient (Wildman–Crippen LogP) is 3.53. The van der Waals surface area contributed by atoms with Crippen LogP contribution in [0.5, 0.6) is 5.75 Å². The molecule has 0 unspecified atom stereocenters. The molecule has 0 saturated heterocycles. The summed E-state index contributed by atoms with van der Waals surface area (Å²) < 4.78 is 0. The number of hydrogen-bond acceptors (Lipinski definition) is 3. The molecule has 2 rings (SSSR count). The summed E-state index contributed by atoms with van der Waals surface area (Å²) in [5.74, 6) is 0.231. The maximum absolute atomic E-state index is 10.3. The molecule has 1 aromatic carbocycles. The number of aromatic nitrogens is 1. The van der Waals surface area contributed by atoms with Gasteiger partial charge >= 0.3 is 0 Å². The number of hydrogen-bond donors (Lipinski definition) is 2. The molecule has 0 saturated carbocycles. The van der Waals surface area contributed by atoms with Crippen molar-refractivity contribution in [3.63, 3.8) is 0 Å². The molecule has 19 heavy (non-hydrogen) atoms. The van der Waals surface area contributed by atoms with Gasteiger partial charge in [0, 0.05) is 5.56 Å². The number of aromatic hydroxyl groups is 1. The number of benzene rings is 1. The number of rotatable bonds is 2. The molecule has 0 spiro atoms. The van der Waals surface area contributed by atoms with E-state index in [4.69, 9.17) is 0 Å². The first-order valence-corrected chi connectivity index (χ1v) is 6.32. The zero-order valence-corrected chi connectivity index (χ0v) is 11.5. The van der Waals surface area contributed by atoms with Crippen LogP contribution >= 0.6 is 0 Å². The van der Waals surface area contributed by atoms with Gasteiger partial charge in [-0.2, -0.15) is 0 Å². The van der Waals surface area contributed by atoms with Gasteiger partial charge < -0.3 is 10.2 Å². The van der Waals surface area contributed by atoms with Crippen LogP contribution in [0, 0.1) is 5.41 Å². The summed E-state index contributed by atoms with van der Waals surface area (Å²) in [7, 11) is 0. The van der Waals surface area contributed by atoms with Gasteiger partial charge in [-0.15, -0.1) is 0 Å². The van der Waals surface area contributed by atoms with Gasteiger partial charge in [0.05, 0.1) is 11.4 Å². The number of phenolic OH excluding ortho intramolecular Hbond substituents is 1. The van der Waals surface area contributed by atoms with Crippen molar-refractivity contribution in [3.8, 4) is 17.0 Å². The first-order valence-electron chi connectivity index (χ1n) is 6.32. The molecule has 2 aromatic rings. The quantitative estimate of drug-likeness (QED) is 0.865. The Morgan fingerprint density at radius 3 is 2.21 bits per heavy atom. The lowest BCUT2D eigenvalue weighted by Gasteiger charge is -2.25. The lowest BCUT2D eigenvalue weighted by molar-refractivity contribution is 0.0590. The monoisotopic (exact) mass is 257 g/mol. The summed E-state index contributed by atoms with van der Waals surface area (Å²) in [5.41, 5.74) is 2.13. The Labute approximate surface area is 113 Å². The Balaban J connectivity index is 2.37. The fourth-order valence-corrected chi connectivity index (χ4v) is 1.84. The molecule has 3 nitrogen and oxygen atoms in total. The number of pyridine rings is 1. The summed E-state index contributed by atoms with van der Waals surface area (Å²) >= 11 is 0. The molecule has 3 heteroatoms. The highest BCUT2D eigenvalue weighted by atomic mass is 16.3. The van der Waals surface area contributed by atoms with Crippen molar-refractivity contribution in [3.05, 3.63) is 48.2 Å². The number of nitrogens with zero attached hydrogens (tertiary/aromatic N) is 1. The van der Waals surface area contributed by atoms with Crippen LogP contribution in [0.4, 0.5) is 0 Å². The SMILES string of the molecule is CC(C)(C)[C@H](O)c1cccc(-c2ccc(O)cc2)n1. The summed E-state index contributed by atoms with van der Waals surface area (Å²) in [5, 5.41) is 19.6. The molecule has 0 radical (unpaired) electrons. The minimum Gasteiger partial charge on any atom is -0.508 e. The smallest absolute Gasteiger partial charge is 0.115 e. The zero-order chi connectivity index (χ0) is 14.0. The van der Waals surface area contributed by atoms with Gasteiger partial charge in [-0.3, -0.25) is 4.98 Å². The van der Waals surface area contributed by atoms with Crippen LogP contribution < -0.4 is 0 Å². The third-order valence-electron chi connectivity index (χ3n) is 3.03. The van der Waals surface area contributed by atoms with Gasteiger partial charge in [-0.05, 0) is 41.8 Å². The zero-order valence-electron chi connectivity index (χ0n) is 11.5. The Kier molecular flexibility index (Phi) is 3.58.